The van der Waals surface area contributed by atoms with E-state index in [0.717, 1.165) is 23.1 Å². The number of hydrogen-bond acceptors (Lipinski definition) is 1. The highest BCUT2D eigenvalue weighted by molar-refractivity contribution is 6.09. The average molecular weight is 334 g/mol. The van der Waals surface area contributed by atoms with Crippen molar-refractivity contribution in [2.75, 3.05) is 0 Å². The fourth-order valence-corrected chi connectivity index (χ4v) is 3.98. The van der Waals surface area contributed by atoms with Gasteiger partial charge in [0.05, 0.1) is 0 Å². The van der Waals surface area contributed by atoms with Crippen LogP contribution in [0.1, 0.15) is 16.7 Å². The largest absolute Gasteiger partial charge is 0.507 e. The maximum atomic E-state index is 10.8. The smallest absolute Gasteiger partial charge is 0.124 e. The second-order valence-electron chi connectivity index (χ2n) is 6.78. The molecule has 26 heavy (non-hydrogen) atoms. The summed E-state index contributed by atoms with van der Waals surface area (Å²) < 4.78 is 0. The van der Waals surface area contributed by atoms with Crippen molar-refractivity contribution in [2.45, 2.75) is 6.42 Å². The van der Waals surface area contributed by atoms with Crippen molar-refractivity contribution in [3.8, 4) is 16.9 Å². The third-order valence-electron chi connectivity index (χ3n) is 5.20. The lowest BCUT2D eigenvalue weighted by Crippen LogP contribution is -2.00. The van der Waals surface area contributed by atoms with Crippen molar-refractivity contribution < 1.29 is 5.11 Å². The molecule has 0 atom stereocenters. The van der Waals surface area contributed by atoms with E-state index >= 15 is 0 Å². The Morgan fingerprint density at radius 1 is 0.692 bits per heavy atom. The van der Waals surface area contributed by atoms with Gasteiger partial charge in [-0.2, -0.15) is 0 Å². The molecule has 4 aromatic rings. The fraction of sp³-hybridized carbons (Fsp3) is 0.0400. The van der Waals surface area contributed by atoms with Gasteiger partial charge in [0.15, 0.2) is 0 Å². The molecule has 1 heteroatoms. The van der Waals surface area contributed by atoms with Gasteiger partial charge in [-0.25, -0.2) is 0 Å². The Morgan fingerprint density at radius 3 is 2.12 bits per heavy atom. The summed E-state index contributed by atoms with van der Waals surface area (Å²) in [7, 11) is 0. The molecule has 0 bridgehead atoms. The molecule has 0 unspecified atom stereocenters. The molecule has 1 aliphatic rings. The van der Waals surface area contributed by atoms with Gasteiger partial charge in [-0.15, -0.1) is 0 Å². The first-order chi connectivity index (χ1) is 12.8. The third kappa shape index (κ3) is 2.33. The molecule has 5 rings (SSSR count). The average Bonchev–Trinajstić information content (AvgIpc) is 2.71. The molecule has 0 saturated carbocycles. The number of phenolic OH excluding ortho intramolecular Hbond substituents is 1. The van der Waals surface area contributed by atoms with Crippen molar-refractivity contribution in [1.29, 1.82) is 0 Å². The topological polar surface area (TPSA) is 20.2 Å². The molecule has 0 amide bonds. The van der Waals surface area contributed by atoms with Crippen LogP contribution in [0, 0.1) is 0 Å². The quantitative estimate of drug-likeness (QED) is 0.455. The minimum atomic E-state index is 0.344. The van der Waals surface area contributed by atoms with E-state index in [1.165, 1.54) is 27.5 Å². The zero-order valence-electron chi connectivity index (χ0n) is 14.3. The minimum Gasteiger partial charge on any atom is -0.507 e. The van der Waals surface area contributed by atoms with E-state index < -0.39 is 0 Å². The van der Waals surface area contributed by atoms with E-state index in [2.05, 4.69) is 60.7 Å². The van der Waals surface area contributed by atoms with Crippen molar-refractivity contribution in [1.82, 2.24) is 0 Å². The highest BCUT2D eigenvalue weighted by Crippen LogP contribution is 2.43. The molecular weight excluding hydrogens is 316 g/mol. The first kappa shape index (κ1) is 15.0. The van der Waals surface area contributed by atoms with Crippen LogP contribution in [-0.2, 0) is 6.42 Å². The summed E-state index contributed by atoms with van der Waals surface area (Å²) in [5.41, 5.74) is 6.87. The predicted octanol–water partition coefficient (Wildman–Crippen LogP) is 6.31. The number of aromatic hydroxyl groups is 1. The van der Waals surface area contributed by atoms with E-state index in [4.69, 9.17) is 0 Å². The van der Waals surface area contributed by atoms with Gasteiger partial charge in [-0.3, -0.25) is 0 Å². The Balaban J connectivity index is 1.79. The predicted molar refractivity (Wildman–Crippen MR) is 109 cm³/mol. The molecule has 0 aromatic heterocycles. The second-order valence-corrected chi connectivity index (χ2v) is 6.78. The molecular formula is C25H18O. The van der Waals surface area contributed by atoms with Gasteiger partial charge in [0.25, 0.3) is 0 Å². The SMILES string of the molecule is Oc1cc(-c2ccccc2)c2cccc3c2c1C=C(c1ccccc1)C3. The number of phenols is 1. The lowest BCUT2D eigenvalue weighted by Gasteiger charge is -2.21. The normalized spacial score (nSPS) is 12.8. The summed E-state index contributed by atoms with van der Waals surface area (Å²) in [6.45, 7) is 0. The van der Waals surface area contributed by atoms with Crippen molar-refractivity contribution in [2.24, 2.45) is 0 Å². The molecule has 1 aliphatic carbocycles. The molecule has 0 heterocycles. The molecule has 1 N–H and O–H groups in total. The fourth-order valence-electron chi connectivity index (χ4n) is 3.98. The van der Waals surface area contributed by atoms with Crippen LogP contribution in [0.2, 0.25) is 0 Å². The lowest BCUT2D eigenvalue weighted by molar-refractivity contribution is 0.475. The van der Waals surface area contributed by atoms with E-state index in [0.29, 0.717) is 5.75 Å². The Bertz CT molecular complexity index is 1140. The maximum Gasteiger partial charge on any atom is 0.124 e. The Morgan fingerprint density at radius 2 is 1.38 bits per heavy atom. The van der Waals surface area contributed by atoms with Crippen LogP contribution in [0.25, 0.3) is 33.5 Å². The van der Waals surface area contributed by atoms with Gasteiger partial charge >= 0.3 is 0 Å². The van der Waals surface area contributed by atoms with Crippen molar-refractivity contribution in [3.05, 3.63) is 102 Å². The minimum absolute atomic E-state index is 0.344. The summed E-state index contributed by atoms with van der Waals surface area (Å²) in [6.07, 6.45) is 3.03. The van der Waals surface area contributed by atoms with E-state index in [9.17, 15) is 5.11 Å². The summed E-state index contributed by atoms with van der Waals surface area (Å²) >= 11 is 0. The molecule has 1 nitrogen and oxygen atoms in total. The highest BCUT2D eigenvalue weighted by atomic mass is 16.3. The van der Waals surface area contributed by atoms with E-state index in [-0.39, 0.29) is 0 Å². The molecule has 0 spiro atoms. The van der Waals surface area contributed by atoms with Crippen molar-refractivity contribution in [3.63, 3.8) is 0 Å². The van der Waals surface area contributed by atoms with Gasteiger partial charge in [0.1, 0.15) is 5.75 Å². The molecule has 0 fully saturated rings. The van der Waals surface area contributed by atoms with E-state index in [1.54, 1.807) is 0 Å². The van der Waals surface area contributed by atoms with Crippen LogP contribution in [0.15, 0.2) is 84.9 Å². The standard InChI is InChI=1S/C25H18O/c26-24-16-22(18-10-5-2-6-11-18)21-13-7-12-19-14-20(15-23(24)25(19)21)17-8-3-1-4-9-17/h1-13,15-16,26H,14H2. The summed E-state index contributed by atoms with van der Waals surface area (Å²) in [6, 6.07) is 29.1. The molecule has 0 radical (unpaired) electrons. The van der Waals surface area contributed by atoms with Crippen LogP contribution in [-0.4, -0.2) is 5.11 Å². The van der Waals surface area contributed by atoms with Gasteiger partial charge in [-0.1, -0.05) is 78.9 Å². The second kappa shape index (κ2) is 5.89. The summed E-state index contributed by atoms with van der Waals surface area (Å²) in [5.74, 6) is 0.344. The highest BCUT2D eigenvalue weighted by Gasteiger charge is 2.20. The van der Waals surface area contributed by atoms with Gasteiger partial charge < -0.3 is 5.11 Å². The monoisotopic (exact) mass is 334 g/mol. The molecule has 0 saturated heterocycles. The lowest BCUT2D eigenvalue weighted by atomic mass is 9.83. The van der Waals surface area contributed by atoms with Crippen LogP contribution >= 0.6 is 0 Å². The Labute approximate surface area is 152 Å². The molecule has 124 valence electrons. The van der Waals surface area contributed by atoms with Crippen LogP contribution in [0.4, 0.5) is 0 Å². The first-order valence-corrected chi connectivity index (χ1v) is 8.90. The van der Waals surface area contributed by atoms with Crippen LogP contribution in [0.3, 0.4) is 0 Å². The summed E-state index contributed by atoms with van der Waals surface area (Å²) in [5, 5.41) is 13.2. The number of hydrogen-bond donors (Lipinski definition) is 1. The zero-order valence-corrected chi connectivity index (χ0v) is 14.3. The van der Waals surface area contributed by atoms with Crippen molar-refractivity contribution >= 4 is 22.4 Å². The molecule has 4 aromatic carbocycles. The van der Waals surface area contributed by atoms with Crippen LogP contribution in [0.5, 0.6) is 5.75 Å². The number of rotatable bonds is 2. The van der Waals surface area contributed by atoms with Gasteiger partial charge in [0.2, 0.25) is 0 Å². The molecule has 0 aliphatic heterocycles. The van der Waals surface area contributed by atoms with Crippen LogP contribution < -0.4 is 0 Å². The third-order valence-corrected chi connectivity index (χ3v) is 5.20. The zero-order chi connectivity index (χ0) is 17.5. The van der Waals surface area contributed by atoms with E-state index in [1.807, 2.05) is 30.3 Å². The maximum absolute atomic E-state index is 10.8. The number of allylic oxidation sites excluding steroid dienone is 1. The Hall–Kier alpha value is -3.32. The van der Waals surface area contributed by atoms with Gasteiger partial charge in [0, 0.05) is 5.56 Å². The van der Waals surface area contributed by atoms with Gasteiger partial charge in [-0.05, 0) is 57.2 Å². The number of benzene rings is 4. The Kier molecular flexibility index (Phi) is 3.39. The first-order valence-electron chi connectivity index (χ1n) is 8.90. The summed E-state index contributed by atoms with van der Waals surface area (Å²) in [4.78, 5) is 0.